The summed E-state index contributed by atoms with van der Waals surface area (Å²) in [4.78, 5) is 40.0. The van der Waals surface area contributed by atoms with Gasteiger partial charge in [-0.1, -0.05) is 36.4 Å². The first-order valence-electron chi connectivity index (χ1n) is 10.00. The average molecular weight is 421 g/mol. The SMILES string of the molecule is CCOC(=O)N1CCN(C(=O)COC(=O)c2ccccc2-c2ccccc2C#N)CC1. The van der Waals surface area contributed by atoms with E-state index in [-0.39, 0.29) is 11.5 Å². The minimum Gasteiger partial charge on any atom is -0.452 e. The maximum Gasteiger partial charge on any atom is 0.409 e. The third kappa shape index (κ3) is 5.20. The molecule has 0 aliphatic carbocycles. The van der Waals surface area contributed by atoms with Crippen molar-refractivity contribution in [2.24, 2.45) is 0 Å². The molecule has 1 aliphatic rings. The zero-order chi connectivity index (χ0) is 22.2. The first kappa shape index (κ1) is 21.8. The number of benzene rings is 2. The molecule has 31 heavy (non-hydrogen) atoms. The lowest BCUT2D eigenvalue weighted by Crippen LogP contribution is -2.51. The van der Waals surface area contributed by atoms with Gasteiger partial charge in [-0.2, -0.15) is 5.26 Å². The summed E-state index contributed by atoms with van der Waals surface area (Å²) in [6.07, 6.45) is -0.393. The second-order valence-corrected chi connectivity index (χ2v) is 6.85. The van der Waals surface area contributed by atoms with Crippen molar-refractivity contribution < 1.29 is 23.9 Å². The Labute approximate surface area is 180 Å². The molecule has 160 valence electrons. The molecule has 2 aromatic carbocycles. The Bertz CT molecular complexity index is 1010. The largest absolute Gasteiger partial charge is 0.452 e. The van der Waals surface area contributed by atoms with Gasteiger partial charge in [-0.15, -0.1) is 0 Å². The van der Waals surface area contributed by atoms with E-state index in [4.69, 9.17) is 9.47 Å². The lowest BCUT2D eigenvalue weighted by molar-refractivity contribution is -0.136. The quantitative estimate of drug-likeness (QED) is 0.688. The molecule has 0 N–H and O–H groups in total. The average Bonchev–Trinajstić information content (AvgIpc) is 2.82. The van der Waals surface area contributed by atoms with Crippen LogP contribution < -0.4 is 0 Å². The molecular formula is C23H23N3O5. The molecule has 1 fully saturated rings. The van der Waals surface area contributed by atoms with E-state index < -0.39 is 18.7 Å². The first-order chi connectivity index (χ1) is 15.0. The highest BCUT2D eigenvalue weighted by atomic mass is 16.6. The normalized spacial score (nSPS) is 13.3. The van der Waals surface area contributed by atoms with Crippen LogP contribution in [0.5, 0.6) is 0 Å². The third-order valence-corrected chi connectivity index (χ3v) is 4.97. The minimum atomic E-state index is -0.637. The summed E-state index contributed by atoms with van der Waals surface area (Å²) >= 11 is 0. The molecule has 8 heteroatoms. The zero-order valence-electron chi connectivity index (χ0n) is 17.2. The van der Waals surface area contributed by atoms with Crippen LogP contribution in [0.4, 0.5) is 4.79 Å². The molecule has 1 saturated heterocycles. The zero-order valence-corrected chi connectivity index (χ0v) is 17.2. The van der Waals surface area contributed by atoms with Crippen molar-refractivity contribution in [2.45, 2.75) is 6.92 Å². The number of esters is 1. The first-order valence-corrected chi connectivity index (χ1v) is 10.00. The summed E-state index contributed by atoms with van der Waals surface area (Å²) < 4.78 is 10.2. The summed E-state index contributed by atoms with van der Waals surface area (Å²) in [6, 6.07) is 15.9. The number of rotatable bonds is 5. The van der Waals surface area contributed by atoms with Crippen molar-refractivity contribution >= 4 is 18.0 Å². The van der Waals surface area contributed by atoms with E-state index in [0.29, 0.717) is 49.5 Å². The summed E-state index contributed by atoms with van der Waals surface area (Å²) in [6.45, 7) is 3.07. The Balaban J connectivity index is 1.62. The summed E-state index contributed by atoms with van der Waals surface area (Å²) in [5, 5.41) is 9.36. The fraction of sp³-hybridized carbons (Fsp3) is 0.304. The number of piperazine rings is 1. The van der Waals surface area contributed by atoms with Gasteiger partial charge in [0.1, 0.15) is 0 Å². The number of hydrogen-bond donors (Lipinski definition) is 0. The smallest absolute Gasteiger partial charge is 0.409 e. The molecule has 8 nitrogen and oxygen atoms in total. The molecule has 0 bridgehead atoms. The Kier molecular flexibility index (Phi) is 7.22. The van der Waals surface area contributed by atoms with Crippen LogP contribution in [0.15, 0.2) is 48.5 Å². The predicted octanol–water partition coefficient (Wildman–Crippen LogP) is 2.68. The molecule has 0 aromatic heterocycles. The van der Waals surface area contributed by atoms with Gasteiger partial charge in [0.05, 0.1) is 23.8 Å². The van der Waals surface area contributed by atoms with Gasteiger partial charge < -0.3 is 19.3 Å². The van der Waals surface area contributed by atoms with Crippen LogP contribution >= 0.6 is 0 Å². The molecular weight excluding hydrogens is 398 g/mol. The fourth-order valence-corrected chi connectivity index (χ4v) is 3.36. The van der Waals surface area contributed by atoms with Crippen LogP contribution in [0.3, 0.4) is 0 Å². The topological polar surface area (TPSA) is 99.9 Å². The van der Waals surface area contributed by atoms with Crippen molar-refractivity contribution in [2.75, 3.05) is 39.4 Å². The molecule has 0 unspecified atom stereocenters. The highest BCUT2D eigenvalue weighted by molar-refractivity contribution is 5.99. The number of nitriles is 1. The van der Waals surface area contributed by atoms with Gasteiger partial charge in [0.2, 0.25) is 0 Å². The Hall–Kier alpha value is -3.86. The second-order valence-electron chi connectivity index (χ2n) is 6.85. The van der Waals surface area contributed by atoms with Gasteiger partial charge in [0.25, 0.3) is 5.91 Å². The molecule has 0 spiro atoms. The Morgan fingerprint density at radius 3 is 2.19 bits per heavy atom. The molecule has 0 saturated carbocycles. The van der Waals surface area contributed by atoms with Crippen molar-refractivity contribution in [1.82, 2.24) is 9.80 Å². The van der Waals surface area contributed by atoms with Crippen LogP contribution in [0.25, 0.3) is 11.1 Å². The van der Waals surface area contributed by atoms with Gasteiger partial charge in [0, 0.05) is 31.7 Å². The number of ether oxygens (including phenoxy) is 2. The standard InChI is InChI=1S/C23H23N3O5/c1-2-30-23(29)26-13-11-25(12-14-26)21(27)16-31-22(28)20-10-6-5-9-19(20)18-8-4-3-7-17(18)15-24/h3-10H,2,11-14,16H2,1H3. The van der Waals surface area contributed by atoms with Gasteiger partial charge in [-0.05, 0) is 24.6 Å². The molecule has 1 aliphatic heterocycles. The second kappa shape index (κ2) is 10.3. The molecule has 2 amide bonds. The number of nitrogens with zero attached hydrogens (tertiary/aromatic N) is 3. The summed E-state index contributed by atoms with van der Waals surface area (Å²) in [5.41, 5.74) is 1.92. The van der Waals surface area contributed by atoms with Crippen LogP contribution in [0.2, 0.25) is 0 Å². The number of amides is 2. The van der Waals surface area contributed by atoms with Crippen molar-refractivity contribution in [3.05, 3.63) is 59.7 Å². The van der Waals surface area contributed by atoms with E-state index in [1.54, 1.807) is 65.3 Å². The van der Waals surface area contributed by atoms with Crippen molar-refractivity contribution in [3.63, 3.8) is 0 Å². The number of carbonyl (C=O) groups is 3. The van der Waals surface area contributed by atoms with Crippen molar-refractivity contribution in [3.8, 4) is 17.2 Å². The van der Waals surface area contributed by atoms with E-state index in [0.717, 1.165) is 0 Å². The lowest BCUT2D eigenvalue weighted by atomic mass is 9.96. The van der Waals surface area contributed by atoms with Gasteiger partial charge in [0.15, 0.2) is 6.61 Å². The predicted molar refractivity (Wildman–Crippen MR) is 112 cm³/mol. The van der Waals surface area contributed by atoms with Crippen LogP contribution in [-0.4, -0.2) is 67.2 Å². The maximum absolute atomic E-state index is 12.7. The summed E-state index contributed by atoms with van der Waals surface area (Å²) in [5.74, 6) is -0.964. The Morgan fingerprint density at radius 2 is 1.52 bits per heavy atom. The van der Waals surface area contributed by atoms with E-state index in [1.807, 2.05) is 0 Å². The monoisotopic (exact) mass is 421 g/mol. The van der Waals surface area contributed by atoms with Crippen molar-refractivity contribution in [1.29, 1.82) is 5.26 Å². The van der Waals surface area contributed by atoms with Gasteiger partial charge >= 0.3 is 12.1 Å². The van der Waals surface area contributed by atoms with E-state index in [9.17, 15) is 19.6 Å². The van der Waals surface area contributed by atoms with E-state index in [1.165, 1.54) is 0 Å². The lowest BCUT2D eigenvalue weighted by Gasteiger charge is -2.33. The van der Waals surface area contributed by atoms with Gasteiger partial charge in [-0.25, -0.2) is 9.59 Å². The molecule has 0 atom stereocenters. The number of carbonyl (C=O) groups excluding carboxylic acids is 3. The maximum atomic E-state index is 12.7. The van der Waals surface area contributed by atoms with E-state index in [2.05, 4.69) is 6.07 Å². The van der Waals surface area contributed by atoms with Crippen LogP contribution in [0, 0.1) is 11.3 Å². The molecule has 1 heterocycles. The van der Waals surface area contributed by atoms with Gasteiger partial charge in [-0.3, -0.25) is 4.79 Å². The highest BCUT2D eigenvalue weighted by Gasteiger charge is 2.26. The summed E-state index contributed by atoms with van der Waals surface area (Å²) in [7, 11) is 0. The highest BCUT2D eigenvalue weighted by Crippen LogP contribution is 2.27. The molecule has 0 radical (unpaired) electrons. The molecule has 2 aromatic rings. The third-order valence-electron chi connectivity index (χ3n) is 4.97. The molecule has 3 rings (SSSR count). The minimum absolute atomic E-state index is 0.283. The van der Waals surface area contributed by atoms with Crippen LogP contribution in [0.1, 0.15) is 22.8 Å². The number of hydrogen-bond acceptors (Lipinski definition) is 6. The van der Waals surface area contributed by atoms with E-state index >= 15 is 0 Å². The Morgan fingerprint density at radius 1 is 0.903 bits per heavy atom. The fourth-order valence-electron chi connectivity index (χ4n) is 3.36. The van der Waals surface area contributed by atoms with Crippen LogP contribution in [-0.2, 0) is 14.3 Å².